The van der Waals surface area contributed by atoms with Crippen LogP contribution in [0.25, 0.3) is 0 Å². The monoisotopic (exact) mass is 417 g/mol. The van der Waals surface area contributed by atoms with Gasteiger partial charge in [-0.25, -0.2) is 8.42 Å². The minimum absolute atomic E-state index is 0.0540. The molecule has 2 rings (SSSR count). The van der Waals surface area contributed by atoms with Crippen LogP contribution in [0.3, 0.4) is 0 Å². The Hall–Kier alpha value is -2.14. The molecule has 0 aliphatic carbocycles. The summed E-state index contributed by atoms with van der Waals surface area (Å²) in [4.78, 5) is 27.7. The Morgan fingerprint density at radius 3 is 2.37 bits per heavy atom. The number of halogens is 1. The molecule has 27 heavy (non-hydrogen) atoms. The molecule has 0 aliphatic rings. The van der Waals surface area contributed by atoms with Crippen LogP contribution in [0.15, 0.2) is 26.6 Å². The Labute approximate surface area is 161 Å². The molecule has 9 nitrogen and oxygen atoms in total. The lowest BCUT2D eigenvalue weighted by atomic mass is 10.1. The lowest BCUT2D eigenvalue weighted by molar-refractivity contribution is -0.0259. The van der Waals surface area contributed by atoms with Crippen LogP contribution in [0.4, 0.5) is 17.1 Å². The van der Waals surface area contributed by atoms with Gasteiger partial charge in [0.05, 0.1) is 17.8 Å². The van der Waals surface area contributed by atoms with E-state index in [1.54, 1.807) is 0 Å². The van der Waals surface area contributed by atoms with E-state index in [1.807, 2.05) is 13.8 Å². The third kappa shape index (κ3) is 3.93. The van der Waals surface area contributed by atoms with E-state index in [9.17, 15) is 23.1 Å². The van der Waals surface area contributed by atoms with Gasteiger partial charge in [-0.05, 0) is 18.1 Å². The van der Waals surface area contributed by atoms with Crippen LogP contribution in [0.5, 0.6) is 5.75 Å². The molecule has 0 bridgehead atoms. The number of phenols is 1. The van der Waals surface area contributed by atoms with Gasteiger partial charge in [-0.3, -0.25) is 14.4 Å². The Balaban J connectivity index is 2.46. The lowest BCUT2D eigenvalue weighted by Crippen LogP contribution is -2.37. The first-order valence-electron chi connectivity index (χ1n) is 7.91. The summed E-state index contributed by atoms with van der Waals surface area (Å²) in [7, 11) is -1.98. The normalized spacial score (nSPS) is 12.1. The molecule has 3 N–H and O–H groups in total. The molecule has 2 aromatic rings. The van der Waals surface area contributed by atoms with Crippen LogP contribution in [0.2, 0.25) is 5.02 Å². The molecule has 0 aliphatic heterocycles. The predicted molar refractivity (Wildman–Crippen MR) is 103 cm³/mol. The summed E-state index contributed by atoms with van der Waals surface area (Å²) in [5.41, 5.74) is -1.52. The SMILES string of the molecule is CON(C)S(=O)(=O)c1c(Cl)ccc(Nc2c(NCC(C)C)c(=O)c2=O)c1O. The number of phenolic OH excluding ortho intramolecular Hbond substituents is 1. The van der Waals surface area contributed by atoms with Gasteiger partial charge < -0.3 is 15.7 Å². The zero-order chi connectivity index (χ0) is 20.5. The summed E-state index contributed by atoms with van der Waals surface area (Å²) in [5.74, 6) is -0.471. The molecule has 0 fully saturated rings. The molecule has 148 valence electrons. The van der Waals surface area contributed by atoms with Gasteiger partial charge in [-0.15, -0.1) is 0 Å². The van der Waals surface area contributed by atoms with Crippen LogP contribution < -0.4 is 21.5 Å². The van der Waals surface area contributed by atoms with E-state index in [1.165, 1.54) is 12.1 Å². The van der Waals surface area contributed by atoms with Gasteiger partial charge in [-0.2, -0.15) is 0 Å². The van der Waals surface area contributed by atoms with Crippen LogP contribution in [0, 0.1) is 5.92 Å². The average molecular weight is 418 g/mol. The molecule has 11 heteroatoms. The topological polar surface area (TPSA) is 125 Å². The van der Waals surface area contributed by atoms with Crippen molar-refractivity contribution in [2.24, 2.45) is 5.92 Å². The van der Waals surface area contributed by atoms with Crippen LogP contribution >= 0.6 is 11.6 Å². The van der Waals surface area contributed by atoms with Crippen molar-refractivity contribution in [2.45, 2.75) is 18.7 Å². The number of hydrogen-bond acceptors (Lipinski definition) is 8. The van der Waals surface area contributed by atoms with E-state index in [0.717, 1.165) is 14.2 Å². The number of hydrogen-bond donors (Lipinski definition) is 3. The predicted octanol–water partition coefficient (Wildman–Crippen LogP) is 1.63. The standard InChI is InChI=1S/C16H20ClN3O6S/c1-8(2)7-18-11-12(15(23)14(11)22)19-10-6-5-9(17)16(13(10)21)27(24,25)20(3)26-4/h5-6,8,18-19,21H,7H2,1-4H3. The minimum Gasteiger partial charge on any atom is -0.504 e. The Morgan fingerprint density at radius 2 is 1.81 bits per heavy atom. The summed E-state index contributed by atoms with van der Waals surface area (Å²) in [5, 5.41) is 15.7. The Bertz CT molecular complexity index is 1030. The molecule has 0 spiro atoms. The number of hydroxylamine groups is 1. The second-order valence-electron chi connectivity index (χ2n) is 6.18. The Morgan fingerprint density at radius 1 is 1.22 bits per heavy atom. The smallest absolute Gasteiger partial charge is 0.269 e. The van der Waals surface area contributed by atoms with Crippen molar-refractivity contribution in [3.8, 4) is 5.75 Å². The molecule has 0 atom stereocenters. The highest BCUT2D eigenvalue weighted by atomic mass is 35.5. The van der Waals surface area contributed by atoms with Crippen molar-refractivity contribution in [3.05, 3.63) is 37.6 Å². The Kier molecular flexibility index (Phi) is 6.15. The van der Waals surface area contributed by atoms with Gasteiger partial charge in [0, 0.05) is 13.6 Å². The molecular weight excluding hydrogens is 398 g/mol. The fourth-order valence-electron chi connectivity index (χ4n) is 2.24. The number of nitrogens with zero attached hydrogens (tertiary/aromatic N) is 1. The largest absolute Gasteiger partial charge is 0.504 e. The maximum atomic E-state index is 12.5. The molecule has 2 aromatic carbocycles. The van der Waals surface area contributed by atoms with E-state index >= 15 is 0 Å². The van der Waals surface area contributed by atoms with Crippen molar-refractivity contribution in [2.75, 3.05) is 31.3 Å². The molecule has 0 unspecified atom stereocenters. The van der Waals surface area contributed by atoms with Crippen molar-refractivity contribution >= 4 is 38.7 Å². The highest BCUT2D eigenvalue weighted by Gasteiger charge is 2.30. The summed E-state index contributed by atoms with van der Waals surface area (Å²) < 4.78 is 25.5. The molecule has 0 aromatic heterocycles. The van der Waals surface area contributed by atoms with Gasteiger partial charge in [0.2, 0.25) is 0 Å². The van der Waals surface area contributed by atoms with Gasteiger partial charge >= 0.3 is 0 Å². The fourth-order valence-corrected chi connectivity index (χ4v) is 3.81. The third-order valence-electron chi connectivity index (χ3n) is 3.79. The number of anilines is 3. The number of rotatable bonds is 8. The molecule has 0 saturated carbocycles. The first-order chi connectivity index (χ1) is 12.5. The van der Waals surface area contributed by atoms with Crippen molar-refractivity contribution in [1.82, 2.24) is 4.47 Å². The number of sulfonamides is 1. The van der Waals surface area contributed by atoms with E-state index in [0.29, 0.717) is 11.0 Å². The summed E-state index contributed by atoms with van der Waals surface area (Å²) in [6, 6.07) is 2.54. The third-order valence-corrected chi connectivity index (χ3v) is 5.98. The first kappa shape index (κ1) is 21.2. The van der Waals surface area contributed by atoms with Gasteiger partial charge in [0.15, 0.2) is 5.75 Å². The summed E-state index contributed by atoms with van der Waals surface area (Å²) >= 11 is 5.94. The van der Waals surface area contributed by atoms with E-state index in [2.05, 4.69) is 15.5 Å². The van der Waals surface area contributed by atoms with Crippen LogP contribution in [-0.2, 0) is 14.9 Å². The second-order valence-corrected chi connectivity index (χ2v) is 8.46. The fraction of sp³-hybridized carbons (Fsp3) is 0.375. The highest BCUT2D eigenvalue weighted by molar-refractivity contribution is 7.89. The molecular formula is C16H20ClN3O6S. The van der Waals surface area contributed by atoms with Crippen molar-refractivity contribution in [1.29, 1.82) is 0 Å². The average Bonchev–Trinajstić information content (AvgIpc) is 2.60. The minimum atomic E-state index is -4.25. The second kappa shape index (κ2) is 7.85. The van der Waals surface area contributed by atoms with Gasteiger partial charge in [0.25, 0.3) is 20.9 Å². The van der Waals surface area contributed by atoms with Crippen molar-refractivity contribution in [3.63, 3.8) is 0 Å². The van der Waals surface area contributed by atoms with Crippen LogP contribution in [-0.4, -0.2) is 38.7 Å². The van der Waals surface area contributed by atoms with Gasteiger partial charge in [-0.1, -0.05) is 29.9 Å². The van der Waals surface area contributed by atoms with E-state index in [-0.39, 0.29) is 28.0 Å². The summed E-state index contributed by atoms with van der Waals surface area (Å²) in [6.07, 6.45) is 0. The zero-order valence-electron chi connectivity index (χ0n) is 15.2. The molecule has 0 heterocycles. The van der Waals surface area contributed by atoms with Gasteiger partial charge in [0.1, 0.15) is 16.3 Å². The molecule has 0 saturated heterocycles. The zero-order valence-corrected chi connectivity index (χ0v) is 16.7. The maximum absolute atomic E-state index is 12.5. The van der Waals surface area contributed by atoms with E-state index < -0.39 is 31.5 Å². The maximum Gasteiger partial charge on any atom is 0.269 e. The number of aromatic hydroxyl groups is 1. The lowest BCUT2D eigenvalue weighted by Gasteiger charge is -2.19. The number of benzene rings is 1. The van der Waals surface area contributed by atoms with E-state index in [4.69, 9.17) is 11.6 Å². The highest BCUT2D eigenvalue weighted by Crippen LogP contribution is 2.39. The van der Waals surface area contributed by atoms with Crippen LogP contribution in [0.1, 0.15) is 13.8 Å². The van der Waals surface area contributed by atoms with Crippen molar-refractivity contribution < 1.29 is 18.4 Å². The molecule has 0 radical (unpaired) electrons. The summed E-state index contributed by atoms with van der Waals surface area (Å²) in [6.45, 7) is 4.32. The number of nitrogens with one attached hydrogen (secondary N) is 2. The molecule has 0 amide bonds. The first-order valence-corrected chi connectivity index (χ1v) is 9.72. The quantitative estimate of drug-likeness (QED) is 0.336.